The second-order valence-electron chi connectivity index (χ2n) is 6.36. The number of aliphatic hydroxyl groups is 1. The third-order valence-electron chi connectivity index (χ3n) is 4.71. The summed E-state index contributed by atoms with van der Waals surface area (Å²) in [4.78, 5) is 14.0. The van der Waals surface area contributed by atoms with Gasteiger partial charge in [-0.25, -0.2) is 4.79 Å². The van der Waals surface area contributed by atoms with Gasteiger partial charge in [0.25, 0.3) is 0 Å². The van der Waals surface area contributed by atoms with Gasteiger partial charge in [0.2, 0.25) is 0 Å². The summed E-state index contributed by atoms with van der Waals surface area (Å²) < 4.78 is 0. The first-order valence-corrected chi connectivity index (χ1v) is 8.33. The monoisotopic (exact) mass is 342 g/mol. The molecule has 0 saturated heterocycles. The van der Waals surface area contributed by atoms with Crippen LogP contribution in [0.3, 0.4) is 0 Å². The van der Waals surface area contributed by atoms with Crippen molar-refractivity contribution < 1.29 is 9.90 Å². The van der Waals surface area contributed by atoms with Crippen LogP contribution in [0.5, 0.6) is 0 Å². The number of urea groups is 1. The minimum Gasteiger partial charge on any atom is -0.390 e. The number of likely N-dealkylation sites (N-methyl/N-ethyl adjacent to an activating group) is 1. The van der Waals surface area contributed by atoms with Gasteiger partial charge >= 0.3 is 6.03 Å². The van der Waals surface area contributed by atoms with Crippen LogP contribution < -0.4 is 5.32 Å². The Morgan fingerprint density at radius 3 is 2.73 bits per heavy atom. The quantitative estimate of drug-likeness (QED) is 0.884. The summed E-state index contributed by atoms with van der Waals surface area (Å²) >= 11 is 12.3. The van der Waals surface area contributed by atoms with E-state index in [1.807, 2.05) is 6.92 Å². The van der Waals surface area contributed by atoms with E-state index < -0.39 is 12.1 Å². The van der Waals surface area contributed by atoms with Crippen molar-refractivity contribution in [3.63, 3.8) is 0 Å². The normalized spacial score (nSPS) is 24.8. The van der Waals surface area contributed by atoms with Gasteiger partial charge < -0.3 is 15.3 Å². The first-order chi connectivity index (χ1) is 10.4. The summed E-state index contributed by atoms with van der Waals surface area (Å²) in [5.74, 6) is 0.585. The van der Waals surface area contributed by atoms with Crippen molar-refractivity contribution in [3.05, 3.63) is 33.3 Å². The first kappa shape index (κ1) is 15.9. The van der Waals surface area contributed by atoms with Gasteiger partial charge in [-0.2, -0.15) is 0 Å². The Labute approximate surface area is 140 Å². The number of hydrogen-bond donors (Lipinski definition) is 2. The molecule has 0 unspecified atom stereocenters. The standard InChI is InChI=1S/C16H20Cl2N2O2/c1-8(9-3-4-9)19-16(22)20(2)15-12-5-10(17)6-13(18)11(12)7-14(15)21/h5-6,8-9,14-15,21H,3-4,7H2,1-2H3,(H,19,22)/t8-,14-,15+/m0/s1. The maximum Gasteiger partial charge on any atom is 0.317 e. The molecule has 3 atom stereocenters. The highest BCUT2D eigenvalue weighted by Crippen LogP contribution is 2.41. The van der Waals surface area contributed by atoms with Crippen LogP contribution in [0.2, 0.25) is 10.0 Å². The minimum absolute atomic E-state index is 0.163. The third kappa shape index (κ3) is 2.92. The molecule has 0 aromatic heterocycles. The molecule has 0 bridgehead atoms. The molecule has 2 aliphatic carbocycles. The average molecular weight is 343 g/mol. The number of nitrogens with zero attached hydrogens (tertiary/aromatic N) is 1. The lowest BCUT2D eigenvalue weighted by Crippen LogP contribution is -2.46. The summed E-state index contributed by atoms with van der Waals surface area (Å²) in [5.41, 5.74) is 1.71. The Balaban J connectivity index is 1.81. The van der Waals surface area contributed by atoms with Crippen molar-refractivity contribution >= 4 is 29.2 Å². The zero-order valence-corrected chi connectivity index (χ0v) is 14.2. The van der Waals surface area contributed by atoms with Crippen LogP contribution in [-0.2, 0) is 6.42 Å². The maximum atomic E-state index is 12.4. The van der Waals surface area contributed by atoms with Crippen LogP contribution in [0.25, 0.3) is 0 Å². The summed E-state index contributed by atoms with van der Waals surface area (Å²) in [7, 11) is 1.70. The van der Waals surface area contributed by atoms with Crippen LogP contribution in [0.15, 0.2) is 12.1 Å². The van der Waals surface area contributed by atoms with Crippen molar-refractivity contribution in [2.45, 2.75) is 44.4 Å². The molecule has 0 aliphatic heterocycles. The van der Waals surface area contributed by atoms with Gasteiger partial charge in [-0.3, -0.25) is 0 Å². The largest absolute Gasteiger partial charge is 0.390 e. The number of aliphatic hydroxyl groups excluding tert-OH is 1. The lowest BCUT2D eigenvalue weighted by atomic mass is 10.1. The van der Waals surface area contributed by atoms with E-state index in [-0.39, 0.29) is 12.1 Å². The van der Waals surface area contributed by atoms with E-state index in [2.05, 4.69) is 5.32 Å². The fourth-order valence-electron chi connectivity index (χ4n) is 3.23. The van der Waals surface area contributed by atoms with E-state index in [4.69, 9.17) is 23.2 Å². The molecule has 120 valence electrons. The van der Waals surface area contributed by atoms with Crippen molar-refractivity contribution in [3.8, 4) is 0 Å². The number of nitrogens with one attached hydrogen (secondary N) is 1. The van der Waals surface area contributed by atoms with Crippen molar-refractivity contribution in [1.29, 1.82) is 0 Å². The number of benzene rings is 1. The van der Waals surface area contributed by atoms with Crippen molar-refractivity contribution in [2.75, 3.05) is 7.05 Å². The maximum absolute atomic E-state index is 12.4. The topological polar surface area (TPSA) is 52.6 Å². The van der Waals surface area contributed by atoms with Gasteiger partial charge in [-0.05, 0) is 48.9 Å². The van der Waals surface area contributed by atoms with Crippen LogP contribution in [0.4, 0.5) is 4.79 Å². The van der Waals surface area contributed by atoms with Gasteiger partial charge in [0.05, 0.1) is 12.1 Å². The molecule has 1 fully saturated rings. The van der Waals surface area contributed by atoms with Crippen LogP contribution in [-0.4, -0.2) is 35.2 Å². The second-order valence-corrected chi connectivity index (χ2v) is 7.20. The number of halogens is 2. The molecular weight excluding hydrogens is 323 g/mol. The Bertz CT molecular complexity index is 604. The molecule has 6 heteroatoms. The van der Waals surface area contributed by atoms with E-state index in [1.54, 1.807) is 24.1 Å². The minimum atomic E-state index is -0.669. The average Bonchev–Trinajstić information content (AvgIpc) is 3.22. The predicted molar refractivity (Wildman–Crippen MR) is 87.4 cm³/mol. The predicted octanol–water partition coefficient (Wildman–Crippen LogP) is 3.39. The highest BCUT2D eigenvalue weighted by Gasteiger charge is 2.38. The summed E-state index contributed by atoms with van der Waals surface area (Å²) in [5, 5.41) is 14.4. The molecule has 0 radical (unpaired) electrons. The second kappa shape index (κ2) is 5.91. The Morgan fingerprint density at radius 2 is 2.09 bits per heavy atom. The molecule has 4 nitrogen and oxygen atoms in total. The first-order valence-electron chi connectivity index (χ1n) is 7.57. The Hall–Kier alpha value is -0.970. The molecule has 2 aliphatic rings. The smallest absolute Gasteiger partial charge is 0.317 e. The molecule has 0 heterocycles. The number of carbonyl (C=O) groups excluding carboxylic acids is 1. The van der Waals surface area contributed by atoms with Gasteiger partial charge in [-0.1, -0.05) is 23.2 Å². The van der Waals surface area contributed by atoms with Crippen LogP contribution >= 0.6 is 23.2 Å². The van der Waals surface area contributed by atoms with E-state index in [9.17, 15) is 9.90 Å². The molecule has 22 heavy (non-hydrogen) atoms. The van der Waals surface area contributed by atoms with E-state index in [1.165, 1.54) is 12.8 Å². The summed E-state index contributed by atoms with van der Waals surface area (Å²) in [6, 6.07) is 3.03. The number of fused-ring (bicyclic) bond motifs is 1. The Morgan fingerprint density at radius 1 is 1.41 bits per heavy atom. The molecule has 1 saturated carbocycles. The molecule has 2 amide bonds. The van der Waals surface area contributed by atoms with Gasteiger partial charge in [0.1, 0.15) is 0 Å². The highest BCUT2D eigenvalue weighted by molar-refractivity contribution is 6.35. The van der Waals surface area contributed by atoms with Crippen molar-refractivity contribution in [2.24, 2.45) is 5.92 Å². The van der Waals surface area contributed by atoms with Crippen molar-refractivity contribution in [1.82, 2.24) is 10.2 Å². The molecule has 3 rings (SSSR count). The van der Waals surface area contributed by atoms with E-state index in [0.717, 1.165) is 11.1 Å². The molecular formula is C16H20Cl2N2O2. The lowest BCUT2D eigenvalue weighted by molar-refractivity contribution is 0.0882. The van der Waals surface area contributed by atoms with Gasteiger partial charge in [-0.15, -0.1) is 0 Å². The van der Waals surface area contributed by atoms with E-state index >= 15 is 0 Å². The Kier molecular flexibility index (Phi) is 4.27. The van der Waals surface area contributed by atoms with Crippen LogP contribution in [0, 0.1) is 5.92 Å². The third-order valence-corrected chi connectivity index (χ3v) is 5.26. The molecule has 1 aromatic rings. The number of hydrogen-bond acceptors (Lipinski definition) is 2. The number of amides is 2. The summed E-state index contributed by atoms with van der Waals surface area (Å²) in [6.45, 7) is 2.02. The van der Waals surface area contributed by atoms with Gasteiger partial charge in [0.15, 0.2) is 0 Å². The SMILES string of the molecule is C[C@H](NC(=O)N(C)[C@@H]1c2cc(Cl)cc(Cl)c2C[C@@H]1O)C1CC1. The number of carbonyl (C=O) groups is 1. The van der Waals surface area contributed by atoms with Gasteiger partial charge in [0, 0.05) is 29.6 Å². The zero-order valence-electron chi connectivity index (χ0n) is 12.6. The fraction of sp³-hybridized carbons (Fsp3) is 0.562. The zero-order chi connectivity index (χ0) is 16.0. The lowest BCUT2D eigenvalue weighted by Gasteiger charge is -2.29. The molecule has 1 aromatic carbocycles. The van der Waals surface area contributed by atoms with E-state index in [0.29, 0.717) is 22.4 Å². The molecule has 0 spiro atoms. The summed E-state index contributed by atoms with van der Waals surface area (Å²) in [6.07, 6.45) is 2.11. The highest BCUT2D eigenvalue weighted by atomic mass is 35.5. The number of rotatable bonds is 3. The molecule has 2 N–H and O–H groups in total. The van der Waals surface area contributed by atoms with Crippen LogP contribution in [0.1, 0.15) is 36.9 Å². The fourth-order valence-corrected chi connectivity index (χ4v) is 3.82.